The molecule has 1 aromatic heterocycles. The number of amides is 1. The van der Waals surface area contributed by atoms with Gasteiger partial charge in [-0.2, -0.15) is 0 Å². The van der Waals surface area contributed by atoms with Gasteiger partial charge in [-0.3, -0.25) is 4.79 Å². The van der Waals surface area contributed by atoms with Gasteiger partial charge in [0.25, 0.3) is 0 Å². The van der Waals surface area contributed by atoms with E-state index in [0.29, 0.717) is 6.42 Å². The van der Waals surface area contributed by atoms with Gasteiger partial charge in [-0.25, -0.2) is 4.79 Å². The SMILES string of the molecule is CC(C)(C)OC(=O)NCC#Cc1ccc2[nH]c3c(c2c1)CCCC3=O. The van der Waals surface area contributed by atoms with Crippen molar-refractivity contribution >= 4 is 22.8 Å². The van der Waals surface area contributed by atoms with Gasteiger partial charge in [0.1, 0.15) is 5.60 Å². The fourth-order valence-electron chi connectivity index (χ4n) is 2.95. The van der Waals surface area contributed by atoms with E-state index in [1.807, 2.05) is 39.0 Å². The lowest BCUT2D eigenvalue weighted by Gasteiger charge is -2.18. The third kappa shape index (κ3) is 4.03. The molecule has 0 atom stereocenters. The number of aromatic nitrogens is 1. The van der Waals surface area contributed by atoms with Gasteiger partial charge >= 0.3 is 6.09 Å². The predicted octanol–water partition coefficient (Wildman–Crippen LogP) is 3.56. The molecule has 0 radical (unpaired) electrons. The number of hydrogen-bond acceptors (Lipinski definition) is 3. The zero-order chi connectivity index (χ0) is 18.0. The number of aryl methyl sites for hydroxylation is 1. The van der Waals surface area contributed by atoms with Crippen LogP contribution in [0.2, 0.25) is 0 Å². The summed E-state index contributed by atoms with van der Waals surface area (Å²) in [6.07, 6.45) is 1.95. The molecular weight excluding hydrogens is 316 g/mol. The zero-order valence-corrected chi connectivity index (χ0v) is 14.8. The number of carbonyl (C=O) groups excluding carboxylic acids is 2. The van der Waals surface area contributed by atoms with E-state index >= 15 is 0 Å². The highest BCUT2D eigenvalue weighted by Crippen LogP contribution is 2.29. The zero-order valence-electron chi connectivity index (χ0n) is 14.8. The third-order valence-electron chi connectivity index (χ3n) is 3.97. The highest BCUT2D eigenvalue weighted by Gasteiger charge is 2.21. The van der Waals surface area contributed by atoms with Crippen molar-refractivity contribution in [3.05, 3.63) is 35.0 Å². The van der Waals surface area contributed by atoms with Gasteiger partial charge < -0.3 is 15.0 Å². The highest BCUT2D eigenvalue weighted by molar-refractivity contribution is 6.03. The molecule has 1 amide bonds. The van der Waals surface area contributed by atoms with Crippen molar-refractivity contribution < 1.29 is 14.3 Å². The Bertz CT molecular complexity index is 891. The quantitative estimate of drug-likeness (QED) is 0.781. The second-order valence-corrected chi connectivity index (χ2v) is 7.17. The van der Waals surface area contributed by atoms with Gasteiger partial charge in [-0.1, -0.05) is 11.8 Å². The van der Waals surface area contributed by atoms with Crippen LogP contribution in [0.4, 0.5) is 4.79 Å². The van der Waals surface area contributed by atoms with Crippen LogP contribution in [0.3, 0.4) is 0 Å². The molecule has 2 N–H and O–H groups in total. The topological polar surface area (TPSA) is 71.2 Å². The average molecular weight is 338 g/mol. The van der Waals surface area contributed by atoms with Crippen LogP contribution < -0.4 is 5.32 Å². The Kier molecular flexibility index (Phi) is 4.54. The number of carbonyl (C=O) groups is 2. The Hall–Kier alpha value is -2.74. The third-order valence-corrected chi connectivity index (χ3v) is 3.97. The number of hydrogen-bond donors (Lipinski definition) is 2. The Balaban J connectivity index is 1.71. The van der Waals surface area contributed by atoms with E-state index in [0.717, 1.165) is 40.6 Å². The molecule has 5 nitrogen and oxygen atoms in total. The minimum Gasteiger partial charge on any atom is -0.444 e. The van der Waals surface area contributed by atoms with Crippen LogP contribution >= 0.6 is 0 Å². The Morgan fingerprint density at radius 2 is 2.12 bits per heavy atom. The van der Waals surface area contributed by atoms with E-state index in [1.165, 1.54) is 0 Å². The summed E-state index contributed by atoms with van der Waals surface area (Å²) in [5, 5.41) is 3.68. The molecule has 25 heavy (non-hydrogen) atoms. The fourth-order valence-corrected chi connectivity index (χ4v) is 2.95. The van der Waals surface area contributed by atoms with Crippen LogP contribution in [0.15, 0.2) is 18.2 Å². The van der Waals surface area contributed by atoms with Gasteiger partial charge in [-0.15, -0.1) is 0 Å². The molecule has 0 fully saturated rings. The van der Waals surface area contributed by atoms with Crippen LogP contribution in [0.1, 0.15) is 55.2 Å². The summed E-state index contributed by atoms with van der Waals surface area (Å²) in [6, 6.07) is 5.87. The molecular formula is C20H22N2O3. The molecule has 0 saturated heterocycles. The maximum Gasteiger partial charge on any atom is 0.408 e. The Labute approximate surface area is 147 Å². The van der Waals surface area contributed by atoms with Gasteiger partial charge in [-0.05, 0) is 57.4 Å². The van der Waals surface area contributed by atoms with Crippen LogP contribution in [0, 0.1) is 11.8 Å². The molecule has 1 heterocycles. The largest absolute Gasteiger partial charge is 0.444 e. The van der Waals surface area contributed by atoms with Crippen molar-refractivity contribution in [1.29, 1.82) is 0 Å². The van der Waals surface area contributed by atoms with Crippen LogP contribution in [-0.4, -0.2) is 29.0 Å². The molecule has 0 bridgehead atoms. The normalized spacial score (nSPS) is 13.8. The summed E-state index contributed by atoms with van der Waals surface area (Å²) in [6.45, 7) is 5.66. The maximum atomic E-state index is 12.0. The van der Waals surface area contributed by atoms with Crippen molar-refractivity contribution in [3.63, 3.8) is 0 Å². The summed E-state index contributed by atoms with van der Waals surface area (Å²) in [4.78, 5) is 26.8. The standard InChI is InChI=1S/C20H22N2O3/c1-20(2,3)25-19(24)21-11-5-6-13-9-10-16-15(12-13)14-7-4-8-17(23)18(14)22-16/h9-10,12,22H,4,7-8,11H2,1-3H3,(H,21,24). The molecule has 1 aliphatic rings. The van der Waals surface area contributed by atoms with Gasteiger partial charge in [0.2, 0.25) is 0 Å². The minimum atomic E-state index is -0.520. The van der Waals surface area contributed by atoms with E-state index < -0.39 is 11.7 Å². The number of aromatic amines is 1. The van der Waals surface area contributed by atoms with Crippen molar-refractivity contribution in [2.75, 3.05) is 6.54 Å². The van der Waals surface area contributed by atoms with Gasteiger partial charge in [0, 0.05) is 22.9 Å². The first kappa shape index (κ1) is 17.1. The first-order valence-corrected chi connectivity index (χ1v) is 8.47. The van der Waals surface area contributed by atoms with Crippen molar-refractivity contribution in [2.24, 2.45) is 0 Å². The monoisotopic (exact) mass is 338 g/mol. The Morgan fingerprint density at radius 3 is 2.88 bits per heavy atom. The number of H-pyrrole nitrogens is 1. The number of ketones is 1. The first-order chi connectivity index (χ1) is 11.8. The smallest absolute Gasteiger partial charge is 0.408 e. The van der Waals surface area contributed by atoms with Crippen molar-refractivity contribution in [1.82, 2.24) is 10.3 Å². The molecule has 5 heteroatoms. The first-order valence-electron chi connectivity index (χ1n) is 8.47. The van der Waals surface area contributed by atoms with Crippen molar-refractivity contribution in [3.8, 4) is 11.8 Å². The van der Waals surface area contributed by atoms with Crippen molar-refractivity contribution in [2.45, 2.75) is 45.6 Å². The lowest BCUT2D eigenvalue weighted by molar-refractivity contribution is 0.0535. The van der Waals surface area contributed by atoms with E-state index in [-0.39, 0.29) is 12.3 Å². The fraction of sp³-hybridized carbons (Fsp3) is 0.400. The summed E-state index contributed by atoms with van der Waals surface area (Å²) >= 11 is 0. The van der Waals surface area contributed by atoms with E-state index in [9.17, 15) is 9.59 Å². The van der Waals surface area contributed by atoms with Crippen LogP contribution in [-0.2, 0) is 11.2 Å². The number of rotatable bonds is 1. The van der Waals surface area contributed by atoms with Crippen LogP contribution in [0.5, 0.6) is 0 Å². The van der Waals surface area contributed by atoms with E-state index in [1.54, 1.807) is 0 Å². The average Bonchev–Trinajstić information content (AvgIpc) is 2.90. The molecule has 0 spiro atoms. The number of benzene rings is 1. The van der Waals surface area contributed by atoms with E-state index in [4.69, 9.17) is 4.74 Å². The minimum absolute atomic E-state index is 0.187. The maximum absolute atomic E-state index is 12.0. The number of ether oxygens (including phenoxy) is 1. The number of alkyl carbamates (subject to hydrolysis) is 1. The molecule has 3 rings (SSSR count). The van der Waals surface area contributed by atoms with Crippen LogP contribution in [0.25, 0.3) is 10.9 Å². The van der Waals surface area contributed by atoms with Gasteiger partial charge in [0.05, 0.1) is 12.2 Å². The van der Waals surface area contributed by atoms with Gasteiger partial charge in [0.15, 0.2) is 5.78 Å². The molecule has 130 valence electrons. The summed E-state index contributed by atoms with van der Waals surface area (Å²) < 4.78 is 5.16. The summed E-state index contributed by atoms with van der Waals surface area (Å²) in [5.41, 5.74) is 3.16. The highest BCUT2D eigenvalue weighted by atomic mass is 16.6. The molecule has 0 aliphatic heterocycles. The van der Waals surface area contributed by atoms with E-state index in [2.05, 4.69) is 22.1 Å². The Morgan fingerprint density at radius 1 is 1.32 bits per heavy atom. The molecule has 1 aromatic carbocycles. The molecule has 1 aliphatic carbocycles. The number of fused-ring (bicyclic) bond motifs is 3. The second kappa shape index (κ2) is 6.64. The summed E-state index contributed by atoms with van der Waals surface area (Å²) in [5.74, 6) is 6.16. The number of nitrogens with one attached hydrogen (secondary N) is 2. The molecule has 0 unspecified atom stereocenters. The summed E-state index contributed by atoms with van der Waals surface area (Å²) in [7, 11) is 0. The predicted molar refractivity (Wildman–Crippen MR) is 96.7 cm³/mol. The molecule has 2 aromatic rings. The lowest BCUT2D eigenvalue weighted by Crippen LogP contribution is -2.32. The molecule has 0 saturated carbocycles. The second-order valence-electron chi connectivity index (χ2n) is 7.17. The number of Topliss-reactive ketones (excluding diaryl/α,β-unsaturated/α-hetero) is 1. The lowest BCUT2D eigenvalue weighted by atomic mass is 9.94.